The Labute approximate surface area is 117 Å². The molecule has 2 rings (SSSR count). The lowest BCUT2D eigenvalue weighted by Crippen LogP contribution is -2.15. The van der Waals surface area contributed by atoms with Gasteiger partial charge in [0.05, 0.1) is 11.9 Å². The molecule has 0 fully saturated rings. The molecule has 0 aliphatic rings. The zero-order chi connectivity index (χ0) is 15.1. The fourth-order valence-electron chi connectivity index (χ4n) is 1.64. The largest absolute Gasteiger partial charge is 0.433 e. The van der Waals surface area contributed by atoms with Crippen molar-refractivity contribution in [3.05, 3.63) is 47.0 Å². The molecule has 1 aromatic heterocycles. The quantitative estimate of drug-likeness (QED) is 0.447. The van der Waals surface area contributed by atoms with E-state index in [1.807, 2.05) is 0 Å². The Morgan fingerprint density at radius 2 is 1.65 bits per heavy atom. The molecule has 0 saturated heterocycles. The van der Waals surface area contributed by atoms with Gasteiger partial charge in [-0.1, -0.05) is 15.9 Å². The topological polar surface area (TPSA) is 17.8 Å². The van der Waals surface area contributed by atoms with E-state index in [4.69, 9.17) is 0 Å². The monoisotopic (exact) mass is 358 g/mol. The van der Waals surface area contributed by atoms with Crippen LogP contribution in [0.15, 0.2) is 18.3 Å². The summed E-state index contributed by atoms with van der Waals surface area (Å²) in [5.74, 6) is -4.94. The highest BCUT2D eigenvalue weighted by Gasteiger charge is 2.38. The first-order chi connectivity index (χ1) is 9.25. The molecule has 0 aliphatic carbocycles. The van der Waals surface area contributed by atoms with Crippen molar-refractivity contribution < 1.29 is 26.3 Å². The smallest absolute Gasteiger partial charge is 0.228 e. The zero-order valence-electron chi connectivity index (χ0n) is 9.48. The van der Waals surface area contributed by atoms with Crippen LogP contribution in [0.3, 0.4) is 0 Å². The van der Waals surface area contributed by atoms with Crippen molar-refractivity contribution in [2.24, 2.45) is 0 Å². The van der Waals surface area contributed by atoms with E-state index < -0.39 is 35.0 Å². The van der Waals surface area contributed by atoms with Crippen LogP contribution in [0.5, 0.6) is 0 Å². The van der Waals surface area contributed by atoms with Crippen LogP contribution in [0.2, 0.25) is 0 Å². The van der Waals surface area contributed by atoms with Gasteiger partial charge in [0.25, 0.3) is 0 Å². The number of hydrogen-bond acceptors (Lipinski definition) is 1. The Kier molecular flexibility index (Phi) is 3.81. The third-order valence-corrected chi connectivity index (χ3v) is 3.07. The molecule has 0 aliphatic heterocycles. The molecule has 2 nitrogen and oxygen atoms in total. The van der Waals surface area contributed by atoms with Crippen molar-refractivity contribution in [3.8, 4) is 5.69 Å². The van der Waals surface area contributed by atoms with Crippen LogP contribution in [-0.4, -0.2) is 9.78 Å². The van der Waals surface area contributed by atoms with Crippen molar-refractivity contribution in [1.82, 2.24) is 9.78 Å². The molecule has 1 aromatic carbocycles. The molecule has 1 heterocycles. The van der Waals surface area contributed by atoms with Crippen LogP contribution in [0, 0.1) is 17.5 Å². The fraction of sp³-hybridized carbons (Fsp3) is 0.182. The summed E-state index contributed by atoms with van der Waals surface area (Å²) in [4.78, 5) is 0. The molecule has 0 amide bonds. The van der Waals surface area contributed by atoms with Crippen LogP contribution >= 0.6 is 15.9 Å². The summed E-state index contributed by atoms with van der Waals surface area (Å²) in [6.45, 7) is 0. The van der Waals surface area contributed by atoms with Gasteiger partial charge >= 0.3 is 6.18 Å². The van der Waals surface area contributed by atoms with Gasteiger partial charge in [-0.05, 0) is 0 Å². The second-order valence-corrected chi connectivity index (χ2v) is 4.35. The maximum absolute atomic E-state index is 13.1. The Morgan fingerprint density at radius 3 is 2.10 bits per heavy atom. The molecule has 0 atom stereocenters. The van der Waals surface area contributed by atoms with E-state index in [1.165, 1.54) is 0 Å². The van der Waals surface area contributed by atoms with Gasteiger partial charge in [-0.2, -0.15) is 18.3 Å². The molecule has 0 bridgehead atoms. The first-order valence-corrected chi connectivity index (χ1v) is 6.22. The maximum atomic E-state index is 13.1. The number of rotatable bonds is 2. The Bertz CT molecular complexity index is 626. The van der Waals surface area contributed by atoms with Crippen LogP contribution in [0.1, 0.15) is 11.3 Å². The highest BCUT2D eigenvalue weighted by atomic mass is 79.9. The van der Waals surface area contributed by atoms with Crippen molar-refractivity contribution in [2.75, 3.05) is 0 Å². The third-order valence-electron chi connectivity index (χ3n) is 2.47. The molecule has 0 unspecified atom stereocenters. The number of aromatic nitrogens is 2. The van der Waals surface area contributed by atoms with Crippen molar-refractivity contribution in [1.29, 1.82) is 0 Å². The Hall–Kier alpha value is -1.51. The predicted octanol–water partition coefficient (Wildman–Crippen LogP) is 4.20. The summed E-state index contributed by atoms with van der Waals surface area (Å²) < 4.78 is 78.2. The number of nitrogens with zero attached hydrogens (tertiary/aromatic N) is 2. The molecular weight excluding hydrogens is 354 g/mol. The minimum Gasteiger partial charge on any atom is -0.228 e. The van der Waals surface area contributed by atoms with Gasteiger partial charge in [0.2, 0.25) is 0 Å². The van der Waals surface area contributed by atoms with E-state index in [2.05, 4.69) is 21.0 Å². The lowest BCUT2D eigenvalue weighted by atomic mass is 10.2. The van der Waals surface area contributed by atoms with Gasteiger partial charge in [-0.15, -0.1) is 0 Å². The second-order valence-electron chi connectivity index (χ2n) is 3.79. The minimum absolute atomic E-state index is 0.145. The Morgan fingerprint density at radius 1 is 1.10 bits per heavy atom. The highest BCUT2D eigenvalue weighted by Crippen LogP contribution is 2.34. The van der Waals surface area contributed by atoms with E-state index in [-0.39, 0.29) is 10.9 Å². The van der Waals surface area contributed by atoms with Crippen LogP contribution < -0.4 is 0 Å². The van der Waals surface area contributed by atoms with Crippen molar-refractivity contribution in [2.45, 2.75) is 11.5 Å². The highest BCUT2D eigenvalue weighted by molar-refractivity contribution is 9.08. The Balaban J connectivity index is 2.68. The van der Waals surface area contributed by atoms with Gasteiger partial charge < -0.3 is 0 Å². The molecule has 108 valence electrons. The van der Waals surface area contributed by atoms with Crippen molar-refractivity contribution in [3.63, 3.8) is 0 Å². The van der Waals surface area contributed by atoms with E-state index >= 15 is 0 Å². The van der Waals surface area contributed by atoms with E-state index in [0.29, 0.717) is 16.8 Å². The number of alkyl halides is 4. The molecule has 0 radical (unpaired) electrons. The van der Waals surface area contributed by atoms with Crippen LogP contribution in [0.25, 0.3) is 5.69 Å². The van der Waals surface area contributed by atoms with E-state index in [9.17, 15) is 26.3 Å². The summed E-state index contributed by atoms with van der Waals surface area (Å²) in [5.41, 5.74) is -1.94. The first-order valence-electron chi connectivity index (χ1n) is 5.10. The van der Waals surface area contributed by atoms with E-state index in [0.717, 1.165) is 6.20 Å². The SMILES string of the molecule is Fc1cc(-n2ncc(CBr)c2C(F)(F)F)cc(F)c1F. The predicted molar refractivity (Wildman–Crippen MR) is 61.1 cm³/mol. The molecular formula is C11H5BrF6N2. The molecule has 0 saturated carbocycles. The average Bonchev–Trinajstić information content (AvgIpc) is 2.79. The molecule has 9 heteroatoms. The van der Waals surface area contributed by atoms with Gasteiger partial charge in [0, 0.05) is 23.0 Å². The number of benzene rings is 1. The maximum Gasteiger partial charge on any atom is 0.433 e. The normalized spacial score (nSPS) is 11.9. The molecule has 20 heavy (non-hydrogen) atoms. The molecule has 2 aromatic rings. The summed E-state index contributed by atoms with van der Waals surface area (Å²) in [6.07, 6.45) is -3.86. The van der Waals surface area contributed by atoms with Crippen LogP contribution in [0.4, 0.5) is 26.3 Å². The minimum atomic E-state index is -4.78. The van der Waals surface area contributed by atoms with Crippen molar-refractivity contribution >= 4 is 15.9 Å². The summed E-state index contributed by atoms with van der Waals surface area (Å²) in [5, 5.41) is 3.30. The summed E-state index contributed by atoms with van der Waals surface area (Å²) in [6, 6.07) is 0.886. The first kappa shape index (κ1) is 14.9. The van der Waals surface area contributed by atoms with Gasteiger partial charge in [-0.25, -0.2) is 17.9 Å². The van der Waals surface area contributed by atoms with E-state index in [1.54, 1.807) is 0 Å². The molecule has 0 spiro atoms. The van der Waals surface area contributed by atoms with Gasteiger partial charge in [-0.3, -0.25) is 0 Å². The molecule has 0 N–H and O–H groups in total. The standard InChI is InChI=1S/C11H5BrF6N2/c12-3-5-4-19-20(10(5)11(16,17)18)6-1-7(13)9(15)8(14)2-6/h1-2,4H,3H2. The zero-order valence-corrected chi connectivity index (χ0v) is 11.1. The van der Waals surface area contributed by atoms with Gasteiger partial charge in [0.1, 0.15) is 0 Å². The lowest BCUT2D eigenvalue weighted by molar-refractivity contribution is -0.143. The summed E-state index contributed by atoms with van der Waals surface area (Å²) in [7, 11) is 0. The fourth-order valence-corrected chi connectivity index (χ4v) is 2.05. The summed E-state index contributed by atoms with van der Waals surface area (Å²) >= 11 is 2.87. The number of hydrogen-bond donors (Lipinski definition) is 0. The number of halogens is 7. The second kappa shape index (κ2) is 5.12. The lowest BCUT2D eigenvalue weighted by Gasteiger charge is -2.12. The van der Waals surface area contributed by atoms with Gasteiger partial charge in [0.15, 0.2) is 23.1 Å². The third kappa shape index (κ3) is 2.54. The average molecular weight is 359 g/mol. The van der Waals surface area contributed by atoms with Crippen LogP contribution in [-0.2, 0) is 11.5 Å².